The maximum atomic E-state index is 11.8. The Morgan fingerprint density at radius 3 is 2.77 bits per heavy atom. The van der Waals surface area contributed by atoms with Gasteiger partial charge in [-0.2, -0.15) is 0 Å². The van der Waals surface area contributed by atoms with Crippen molar-refractivity contribution in [1.29, 1.82) is 0 Å². The van der Waals surface area contributed by atoms with Crippen molar-refractivity contribution in [3.63, 3.8) is 0 Å². The minimum absolute atomic E-state index is 0.0845. The number of pyridine rings is 1. The highest BCUT2D eigenvalue weighted by Crippen LogP contribution is 2.26. The van der Waals surface area contributed by atoms with Crippen LogP contribution in [-0.2, 0) is 4.79 Å². The summed E-state index contributed by atoms with van der Waals surface area (Å²) in [6, 6.07) is 18.5. The molecule has 0 N–H and O–H groups in total. The standard InChI is InChI=1S/C22H22N2O2/c1-2-22(25)24-13-11-20(15-24)26-19-9-7-16(8-10-19)18-6-5-17-4-3-12-23-21(17)14-18/h3-10,12,14,20H,2,11,13,15H2,1H3/t20-/m0/s1. The molecule has 2 heterocycles. The highest BCUT2D eigenvalue weighted by Gasteiger charge is 2.26. The molecule has 1 aliphatic heterocycles. The second kappa shape index (κ2) is 7.16. The van der Waals surface area contributed by atoms with Crippen molar-refractivity contribution < 1.29 is 9.53 Å². The van der Waals surface area contributed by atoms with Crippen LogP contribution in [0.3, 0.4) is 0 Å². The van der Waals surface area contributed by atoms with Crippen LogP contribution in [0.2, 0.25) is 0 Å². The van der Waals surface area contributed by atoms with Gasteiger partial charge in [-0.05, 0) is 35.4 Å². The molecule has 2 aromatic carbocycles. The predicted octanol–water partition coefficient (Wildman–Crippen LogP) is 4.29. The maximum Gasteiger partial charge on any atom is 0.222 e. The molecule has 132 valence electrons. The van der Waals surface area contributed by atoms with Gasteiger partial charge in [0.2, 0.25) is 5.91 Å². The van der Waals surface area contributed by atoms with Gasteiger partial charge in [0.05, 0.1) is 12.1 Å². The number of fused-ring (bicyclic) bond motifs is 1. The number of hydrogen-bond acceptors (Lipinski definition) is 3. The van der Waals surface area contributed by atoms with Crippen molar-refractivity contribution in [1.82, 2.24) is 9.88 Å². The third-order valence-electron chi connectivity index (χ3n) is 4.90. The third-order valence-corrected chi connectivity index (χ3v) is 4.90. The second-order valence-corrected chi connectivity index (χ2v) is 6.66. The van der Waals surface area contributed by atoms with Crippen molar-refractivity contribution in [2.45, 2.75) is 25.9 Å². The molecule has 4 heteroatoms. The van der Waals surface area contributed by atoms with Crippen molar-refractivity contribution in [2.24, 2.45) is 0 Å². The molecule has 0 aliphatic carbocycles. The molecule has 3 aromatic rings. The van der Waals surface area contributed by atoms with Crippen LogP contribution in [0.1, 0.15) is 19.8 Å². The number of nitrogens with zero attached hydrogens (tertiary/aromatic N) is 2. The van der Waals surface area contributed by atoms with Crippen molar-refractivity contribution in [3.8, 4) is 16.9 Å². The van der Waals surface area contributed by atoms with Crippen LogP contribution in [0.4, 0.5) is 0 Å². The number of hydrogen-bond donors (Lipinski definition) is 0. The number of carbonyl (C=O) groups is 1. The molecule has 0 radical (unpaired) electrons. The Kier molecular flexibility index (Phi) is 4.57. The number of aromatic nitrogens is 1. The molecular weight excluding hydrogens is 324 g/mol. The van der Waals surface area contributed by atoms with Crippen LogP contribution in [0.5, 0.6) is 5.75 Å². The summed E-state index contributed by atoms with van der Waals surface area (Å²) in [5, 5.41) is 1.14. The molecule has 4 nitrogen and oxygen atoms in total. The summed E-state index contributed by atoms with van der Waals surface area (Å²) in [7, 11) is 0. The largest absolute Gasteiger partial charge is 0.489 e. The van der Waals surface area contributed by atoms with E-state index in [1.807, 2.05) is 36.2 Å². The SMILES string of the molecule is CCC(=O)N1CC[C@H](Oc2ccc(-c3ccc4cccnc4c3)cc2)C1. The normalized spacial score (nSPS) is 16.8. The number of ether oxygens (including phenoxy) is 1. The van der Waals surface area contributed by atoms with Crippen molar-refractivity contribution in [2.75, 3.05) is 13.1 Å². The highest BCUT2D eigenvalue weighted by molar-refractivity contribution is 5.84. The lowest BCUT2D eigenvalue weighted by Crippen LogP contribution is -2.30. The van der Waals surface area contributed by atoms with E-state index in [2.05, 4.69) is 41.4 Å². The predicted molar refractivity (Wildman–Crippen MR) is 103 cm³/mol. The van der Waals surface area contributed by atoms with Gasteiger partial charge in [0.25, 0.3) is 0 Å². The summed E-state index contributed by atoms with van der Waals surface area (Å²) in [4.78, 5) is 18.1. The van der Waals surface area contributed by atoms with E-state index in [9.17, 15) is 4.79 Å². The molecule has 1 amide bonds. The van der Waals surface area contributed by atoms with E-state index < -0.39 is 0 Å². The first-order chi connectivity index (χ1) is 12.7. The van der Waals surface area contributed by atoms with E-state index in [1.54, 1.807) is 0 Å². The lowest BCUT2D eigenvalue weighted by Gasteiger charge is -2.16. The van der Waals surface area contributed by atoms with Gasteiger partial charge in [-0.1, -0.05) is 37.3 Å². The molecule has 1 saturated heterocycles. The van der Waals surface area contributed by atoms with Gasteiger partial charge < -0.3 is 9.64 Å². The smallest absolute Gasteiger partial charge is 0.222 e. The summed E-state index contributed by atoms with van der Waals surface area (Å²) < 4.78 is 6.06. The second-order valence-electron chi connectivity index (χ2n) is 6.66. The van der Waals surface area contributed by atoms with Crippen LogP contribution < -0.4 is 4.74 Å². The maximum absolute atomic E-state index is 11.8. The van der Waals surface area contributed by atoms with Crippen LogP contribution in [0.15, 0.2) is 60.8 Å². The molecule has 1 atom stereocenters. The van der Waals surface area contributed by atoms with Gasteiger partial charge in [0.1, 0.15) is 11.9 Å². The first kappa shape index (κ1) is 16.6. The molecule has 26 heavy (non-hydrogen) atoms. The lowest BCUT2D eigenvalue weighted by molar-refractivity contribution is -0.130. The zero-order valence-corrected chi connectivity index (χ0v) is 14.9. The Morgan fingerprint density at radius 1 is 1.15 bits per heavy atom. The average molecular weight is 346 g/mol. The molecule has 1 aliphatic rings. The van der Waals surface area contributed by atoms with Gasteiger partial charge in [-0.15, -0.1) is 0 Å². The number of benzene rings is 2. The van der Waals surface area contributed by atoms with Gasteiger partial charge >= 0.3 is 0 Å². The summed E-state index contributed by atoms with van der Waals surface area (Å²) >= 11 is 0. The number of amides is 1. The van der Waals surface area contributed by atoms with Crippen molar-refractivity contribution >= 4 is 16.8 Å². The van der Waals surface area contributed by atoms with Gasteiger partial charge in [0.15, 0.2) is 0 Å². The number of rotatable bonds is 4. The summed E-state index contributed by atoms with van der Waals surface area (Å²) in [6.45, 7) is 3.38. The van der Waals surface area contributed by atoms with E-state index in [0.717, 1.165) is 40.7 Å². The van der Waals surface area contributed by atoms with Crippen LogP contribution >= 0.6 is 0 Å². The highest BCUT2D eigenvalue weighted by atomic mass is 16.5. The fourth-order valence-corrected chi connectivity index (χ4v) is 3.44. The van der Waals surface area contributed by atoms with E-state index in [-0.39, 0.29) is 12.0 Å². The van der Waals surface area contributed by atoms with E-state index >= 15 is 0 Å². The zero-order chi connectivity index (χ0) is 17.9. The molecule has 1 aromatic heterocycles. The monoisotopic (exact) mass is 346 g/mol. The molecule has 0 unspecified atom stereocenters. The summed E-state index contributed by atoms with van der Waals surface area (Å²) in [5.41, 5.74) is 3.28. The van der Waals surface area contributed by atoms with Crippen LogP contribution in [0, 0.1) is 0 Å². The zero-order valence-electron chi connectivity index (χ0n) is 14.9. The number of carbonyl (C=O) groups excluding carboxylic acids is 1. The molecule has 0 bridgehead atoms. The van der Waals surface area contributed by atoms with Crippen LogP contribution in [-0.4, -0.2) is 35.0 Å². The first-order valence-corrected chi connectivity index (χ1v) is 9.12. The molecule has 0 spiro atoms. The quantitative estimate of drug-likeness (QED) is 0.708. The Labute approximate surface area is 153 Å². The van der Waals surface area contributed by atoms with E-state index in [1.165, 1.54) is 0 Å². The minimum atomic E-state index is 0.0845. The molecular formula is C22H22N2O2. The number of likely N-dealkylation sites (tertiary alicyclic amines) is 1. The van der Waals surface area contributed by atoms with Crippen molar-refractivity contribution in [3.05, 3.63) is 60.8 Å². The Bertz CT molecular complexity index is 921. The Hall–Kier alpha value is -2.88. The molecule has 1 fully saturated rings. The average Bonchev–Trinajstić information content (AvgIpc) is 3.16. The lowest BCUT2D eigenvalue weighted by atomic mass is 10.0. The fourth-order valence-electron chi connectivity index (χ4n) is 3.44. The molecule has 0 saturated carbocycles. The van der Waals surface area contributed by atoms with Gasteiger partial charge in [-0.3, -0.25) is 9.78 Å². The van der Waals surface area contributed by atoms with E-state index in [4.69, 9.17) is 4.74 Å². The van der Waals surface area contributed by atoms with Gasteiger partial charge in [0, 0.05) is 31.0 Å². The Balaban J connectivity index is 1.45. The summed E-state index contributed by atoms with van der Waals surface area (Å²) in [6.07, 6.45) is 3.35. The summed E-state index contributed by atoms with van der Waals surface area (Å²) in [5.74, 6) is 1.06. The minimum Gasteiger partial charge on any atom is -0.489 e. The topological polar surface area (TPSA) is 42.4 Å². The molecule has 4 rings (SSSR count). The van der Waals surface area contributed by atoms with Crippen LogP contribution in [0.25, 0.3) is 22.0 Å². The van der Waals surface area contributed by atoms with E-state index in [0.29, 0.717) is 13.0 Å². The third kappa shape index (κ3) is 3.40. The first-order valence-electron chi connectivity index (χ1n) is 9.12. The Morgan fingerprint density at radius 2 is 1.96 bits per heavy atom. The fraction of sp³-hybridized carbons (Fsp3) is 0.273. The van der Waals surface area contributed by atoms with Gasteiger partial charge in [-0.25, -0.2) is 0 Å².